The molecule has 0 amide bonds. The molecule has 1 aromatic carbocycles. The number of hydrogen-bond acceptors (Lipinski definition) is 4. The van der Waals surface area contributed by atoms with Crippen molar-refractivity contribution in [2.75, 3.05) is 12.4 Å². The van der Waals surface area contributed by atoms with Gasteiger partial charge in [0.15, 0.2) is 0 Å². The Balaban J connectivity index is 2.99. The van der Waals surface area contributed by atoms with Crippen molar-refractivity contribution in [1.29, 1.82) is 0 Å². The van der Waals surface area contributed by atoms with Crippen LogP contribution >= 0.6 is 0 Å². The minimum absolute atomic E-state index is 0.00889. The molecule has 0 aromatic heterocycles. The molecule has 0 bridgehead atoms. The van der Waals surface area contributed by atoms with E-state index in [4.69, 9.17) is 5.11 Å². The Labute approximate surface area is 96.5 Å². The molecule has 5 nitrogen and oxygen atoms in total. The lowest BCUT2D eigenvalue weighted by Gasteiger charge is -2.08. The third kappa shape index (κ3) is 3.60. The zero-order valence-electron chi connectivity index (χ0n) is 8.94. The number of methoxy groups -OCH3 is 1. The van der Waals surface area contributed by atoms with E-state index in [2.05, 4.69) is 10.1 Å². The van der Waals surface area contributed by atoms with Crippen molar-refractivity contribution in [1.82, 2.24) is 0 Å². The number of aliphatic carboxylic acids is 1. The van der Waals surface area contributed by atoms with Gasteiger partial charge in [-0.15, -0.1) is 0 Å². The van der Waals surface area contributed by atoms with Crippen molar-refractivity contribution in [2.24, 2.45) is 0 Å². The summed E-state index contributed by atoms with van der Waals surface area (Å²) in [6.07, 6.45) is 0.609. The van der Waals surface area contributed by atoms with Crippen LogP contribution in [0.15, 0.2) is 36.0 Å². The van der Waals surface area contributed by atoms with Crippen LogP contribution in [0, 0.1) is 5.82 Å². The fraction of sp³-hybridized carbons (Fsp3) is 0.0909. The van der Waals surface area contributed by atoms with E-state index in [1.54, 1.807) is 6.07 Å². The van der Waals surface area contributed by atoms with Gasteiger partial charge in [-0.3, -0.25) is 0 Å². The monoisotopic (exact) mass is 239 g/mol. The molecular formula is C11H10FNO4. The molecule has 6 heteroatoms. The summed E-state index contributed by atoms with van der Waals surface area (Å²) in [5.41, 5.74) is -0.365. The first-order chi connectivity index (χ1) is 8.04. The molecule has 2 N–H and O–H groups in total. The molecule has 0 aliphatic heterocycles. The Kier molecular flexibility index (Phi) is 4.21. The molecule has 0 aliphatic rings. The second-order valence-electron chi connectivity index (χ2n) is 2.99. The Bertz CT molecular complexity index is 470. The van der Waals surface area contributed by atoms with Crippen LogP contribution in [-0.4, -0.2) is 24.2 Å². The quantitative estimate of drug-likeness (QED) is 0.613. The highest BCUT2D eigenvalue weighted by atomic mass is 19.1. The fourth-order valence-electron chi connectivity index (χ4n) is 1.09. The number of nitrogens with one attached hydrogen (secondary N) is 1. The number of para-hydroxylation sites is 1. The molecule has 90 valence electrons. The maximum atomic E-state index is 13.3. The number of halogens is 1. The largest absolute Gasteiger partial charge is 0.478 e. The summed E-state index contributed by atoms with van der Waals surface area (Å²) in [7, 11) is 1.10. The second kappa shape index (κ2) is 5.64. The molecule has 0 saturated heterocycles. The number of carbonyl (C=O) groups is 2. The average Bonchev–Trinajstić information content (AvgIpc) is 2.29. The van der Waals surface area contributed by atoms with E-state index in [1.165, 1.54) is 18.2 Å². The number of ether oxygens (including phenoxy) is 1. The molecule has 1 aromatic rings. The second-order valence-corrected chi connectivity index (χ2v) is 2.99. The molecule has 1 rings (SSSR count). The first kappa shape index (κ1) is 12.7. The molecule has 0 heterocycles. The van der Waals surface area contributed by atoms with Crippen LogP contribution in [0.3, 0.4) is 0 Å². The predicted molar refractivity (Wildman–Crippen MR) is 57.8 cm³/mol. The summed E-state index contributed by atoms with van der Waals surface area (Å²) in [5.74, 6) is -2.84. The molecule has 0 radical (unpaired) electrons. The zero-order valence-corrected chi connectivity index (χ0v) is 8.94. The molecule has 0 saturated carbocycles. The van der Waals surface area contributed by atoms with Crippen molar-refractivity contribution in [3.63, 3.8) is 0 Å². The van der Waals surface area contributed by atoms with Crippen molar-refractivity contribution in [2.45, 2.75) is 0 Å². The number of hydrogen-bond donors (Lipinski definition) is 2. The fourth-order valence-corrected chi connectivity index (χ4v) is 1.09. The van der Waals surface area contributed by atoms with Gasteiger partial charge in [0.2, 0.25) is 0 Å². The SMILES string of the molecule is COC(=O)C(=CC(=O)O)Nc1ccccc1F. The third-order valence-corrected chi connectivity index (χ3v) is 1.82. The van der Waals surface area contributed by atoms with Crippen LogP contribution in [-0.2, 0) is 14.3 Å². The van der Waals surface area contributed by atoms with Gasteiger partial charge in [0.25, 0.3) is 0 Å². The Morgan fingerprint density at radius 1 is 1.41 bits per heavy atom. The number of benzene rings is 1. The number of carboxylic acids is 1. The van der Waals surface area contributed by atoms with Gasteiger partial charge in [-0.05, 0) is 12.1 Å². The molecule has 0 spiro atoms. The zero-order chi connectivity index (χ0) is 12.8. The first-order valence-corrected chi connectivity index (χ1v) is 4.59. The third-order valence-electron chi connectivity index (χ3n) is 1.82. The molecule has 0 fully saturated rings. The van der Waals surface area contributed by atoms with E-state index in [1.807, 2.05) is 0 Å². The Morgan fingerprint density at radius 2 is 2.06 bits per heavy atom. The smallest absolute Gasteiger partial charge is 0.354 e. The summed E-state index contributed by atoms with van der Waals surface area (Å²) >= 11 is 0. The van der Waals surface area contributed by atoms with Crippen molar-refractivity contribution in [3.05, 3.63) is 41.9 Å². The van der Waals surface area contributed by atoms with E-state index in [0.29, 0.717) is 6.08 Å². The van der Waals surface area contributed by atoms with Crippen LogP contribution in [0.1, 0.15) is 0 Å². The lowest BCUT2D eigenvalue weighted by atomic mass is 10.3. The number of esters is 1. The highest BCUT2D eigenvalue weighted by Crippen LogP contribution is 2.15. The summed E-state index contributed by atoms with van der Waals surface area (Å²) in [6.45, 7) is 0. The summed E-state index contributed by atoms with van der Waals surface area (Å²) in [6, 6.07) is 5.56. The van der Waals surface area contributed by atoms with Crippen molar-refractivity contribution < 1.29 is 23.8 Å². The maximum absolute atomic E-state index is 13.3. The molecule has 0 atom stereocenters. The van der Waals surface area contributed by atoms with E-state index < -0.39 is 17.8 Å². The van der Waals surface area contributed by atoms with Gasteiger partial charge in [-0.2, -0.15) is 0 Å². The van der Waals surface area contributed by atoms with Gasteiger partial charge in [-0.25, -0.2) is 14.0 Å². The molecular weight excluding hydrogens is 229 g/mol. The van der Waals surface area contributed by atoms with Gasteiger partial charge in [0, 0.05) is 0 Å². The summed E-state index contributed by atoms with van der Waals surface area (Å²) < 4.78 is 17.6. The normalized spacial score (nSPS) is 10.8. The maximum Gasteiger partial charge on any atom is 0.354 e. The van der Waals surface area contributed by atoms with E-state index in [0.717, 1.165) is 7.11 Å². The number of rotatable bonds is 4. The molecule has 17 heavy (non-hydrogen) atoms. The van der Waals surface area contributed by atoms with Crippen LogP contribution in [0.4, 0.5) is 10.1 Å². The van der Waals surface area contributed by atoms with Gasteiger partial charge >= 0.3 is 11.9 Å². The Morgan fingerprint density at radius 3 is 2.59 bits per heavy atom. The van der Waals surface area contributed by atoms with Crippen LogP contribution in [0.25, 0.3) is 0 Å². The first-order valence-electron chi connectivity index (χ1n) is 4.59. The van der Waals surface area contributed by atoms with Gasteiger partial charge < -0.3 is 15.2 Å². The van der Waals surface area contributed by atoms with Crippen molar-refractivity contribution in [3.8, 4) is 0 Å². The van der Waals surface area contributed by atoms with E-state index in [9.17, 15) is 14.0 Å². The summed E-state index contributed by atoms with van der Waals surface area (Å²) in [4.78, 5) is 21.7. The predicted octanol–water partition coefficient (Wildman–Crippen LogP) is 1.38. The van der Waals surface area contributed by atoms with Crippen molar-refractivity contribution >= 4 is 17.6 Å². The molecule has 0 aliphatic carbocycles. The van der Waals surface area contributed by atoms with Gasteiger partial charge in [0.1, 0.15) is 11.5 Å². The minimum atomic E-state index is -1.34. The average molecular weight is 239 g/mol. The number of carbonyl (C=O) groups excluding carboxylic acids is 1. The topological polar surface area (TPSA) is 75.6 Å². The summed E-state index contributed by atoms with van der Waals surface area (Å²) in [5, 5.41) is 10.9. The minimum Gasteiger partial charge on any atom is -0.478 e. The molecule has 0 unspecified atom stereocenters. The number of carboxylic acid groups (broad SMARTS) is 1. The number of anilines is 1. The van der Waals surface area contributed by atoms with Gasteiger partial charge in [0.05, 0.1) is 18.9 Å². The van der Waals surface area contributed by atoms with E-state index >= 15 is 0 Å². The lowest BCUT2D eigenvalue weighted by molar-refractivity contribution is -0.137. The van der Waals surface area contributed by atoms with Crippen LogP contribution in [0.5, 0.6) is 0 Å². The van der Waals surface area contributed by atoms with Gasteiger partial charge in [-0.1, -0.05) is 12.1 Å². The lowest BCUT2D eigenvalue weighted by Crippen LogP contribution is -2.15. The standard InChI is InChI=1S/C11H10FNO4/c1-17-11(16)9(6-10(14)15)13-8-5-3-2-4-7(8)12/h2-6,13H,1H3,(H,14,15). The Hall–Kier alpha value is -2.37. The highest BCUT2D eigenvalue weighted by molar-refractivity contribution is 5.98. The van der Waals surface area contributed by atoms with Crippen LogP contribution < -0.4 is 5.32 Å². The van der Waals surface area contributed by atoms with Crippen LogP contribution in [0.2, 0.25) is 0 Å². The highest BCUT2D eigenvalue weighted by Gasteiger charge is 2.13. The van der Waals surface area contributed by atoms with E-state index in [-0.39, 0.29) is 11.4 Å².